The van der Waals surface area contributed by atoms with E-state index in [1.54, 1.807) is 30.3 Å². The first-order valence-electron chi connectivity index (χ1n) is 15.0. The zero-order chi connectivity index (χ0) is 31.5. The highest BCUT2D eigenvalue weighted by Crippen LogP contribution is 2.58. The fourth-order valence-corrected chi connectivity index (χ4v) is 6.83. The van der Waals surface area contributed by atoms with Crippen LogP contribution in [0.1, 0.15) is 76.8 Å². The summed E-state index contributed by atoms with van der Waals surface area (Å²) >= 11 is 0. The number of esters is 1. The molecule has 0 radical (unpaired) electrons. The number of hydrogen-bond donors (Lipinski definition) is 3. The van der Waals surface area contributed by atoms with E-state index < -0.39 is 41.5 Å². The molecule has 3 aliphatic heterocycles. The van der Waals surface area contributed by atoms with Crippen molar-refractivity contribution < 1.29 is 33.4 Å². The third kappa shape index (κ3) is 4.50. The molecule has 7 rings (SSSR count). The summed E-state index contributed by atoms with van der Waals surface area (Å²) < 4.78 is 18.2. The van der Waals surface area contributed by atoms with E-state index in [9.17, 15) is 19.5 Å². The van der Waals surface area contributed by atoms with Crippen LogP contribution in [0.3, 0.4) is 0 Å². The number of benzene rings is 3. The van der Waals surface area contributed by atoms with Gasteiger partial charge in [-0.2, -0.15) is 0 Å². The van der Waals surface area contributed by atoms with Crippen LogP contribution >= 0.6 is 0 Å². The molecule has 10 heteroatoms. The molecule has 5 atom stereocenters. The van der Waals surface area contributed by atoms with E-state index in [1.807, 2.05) is 56.3 Å². The molecular weight excluding hydrogens is 574 g/mol. The van der Waals surface area contributed by atoms with E-state index in [2.05, 4.69) is 15.6 Å². The van der Waals surface area contributed by atoms with Gasteiger partial charge in [0.15, 0.2) is 23.5 Å². The van der Waals surface area contributed by atoms with Crippen LogP contribution in [-0.4, -0.2) is 41.1 Å². The van der Waals surface area contributed by atoms with Crippen molar-refractivity contribution in [2.24, 2.45) is 11.8 Å². The van der Waals surface area contributed by atoms with Gasteiger partial charge in [-0.3, -0.25) is 9.59 Å². The Morgan fingerprint density at radius 3 is 2.56 bits per heavy atom. The van der Waals surface area contributed by atoms with Gasteiger partial charge in [0.25, 0.3) is 0 Å². The Kier molecular flexibility index (Phi) is 6.96. The molecule has 0 fully saturated rings. The summed E-state index contributed by atoms with van der Waals surface area (Å²) in [7, 11) is 1.29. The second-order valence-electron chi connectivity index (χ2n) is 12.2. The normalized spacial score (nSPS) is 23.4. The van der Waals surface area contributed by atoms with E-state index in [-0.39, 0.29) is 42.0 Å². The lowest BCUT2D eigenvalue weighted by atomic mass is 9.72. The average molecular weight is 608 g/mol. The molecule has 3 aromatic carbocycles. The lowest BCUT2D eigenvalue weighted by molar-refractivity contribution is -0.134. The van der Waals surface area contributed by atoms with Gasteiger partial charge in [0, 0.05) is 23.6 Å². The first-order valence-corrected chi connectivity index (χ1v) is 15.0. The van der Waals surface area contributed by atoms with Crippen LogP contribution in [0, 0.1) is 11.8 Å². The van der Waals surface area contributed by atoms with Crippen LogP contribution in [0.25, 0.3) is 0 Å². The van der Waals surface area contributed by atoms with Crippen molar-refractivity contribution in [3.05, 3.63) is 112 Å². The van der Waals surface area contributed by atoms with Crippen LogP contribution in [0.5, 0.6) is 5.75 Å². The summed E-state index contributed by atoms with van der Waals surface area (Å²) in [6.07, 6.45) is -1.99. The molecule has 4 aromatic rings. The van der Waals surface area contributed by atoms with Gasteiger partial charge in [-0.25, -0.2) is 9.78 Å². The molecule has 3 aliphatic rings. The highest BCUT2D eigenvalue weighted by atomic mass is 16.5. The van der Waals surface area contributed by atoms with Crippen LogP contribution in [-0.2, 0) is 26.2 Å². The van der Waals surface area contributed by atoms with Gasteiger partial charge in [-0.05, 0) is 41.2 Å². The number of aromatic nitrogens is 1. The third-order valence-electron chi connectivity index (χ3n) is 9.08. The van der Waals surface area contributed by atoms with E-state index in [0.29, 0.717) is 11.3 Å². The van der Waals surface area contributed by atoms with Gasteiger partial charge < -0.3 is 29.6 Å². The zero-order valence-corrected chi connectivity index (χ0v) is 25.1. The highest BCUT2D eigenvalue weighted by molar-refractivity contribution is 5.91. The minimum atomic E-state index is -1.36. The molecular formula is C35H33N3O7. The van der Waals surface area contributed by atoms with Gasteiger partial charge in [-0.1, -0.05) is 74.5 Å². The number of fused-ring (bicyclic) bond motifs is 4. The number of hydrogen-bond acceptors (Lipinski definition) is 9. The van der Waals surface area contributed by atoms with Crippen LogP contribution in [0.4, 0.5) is 5.69 Å². The number of anilines is 1. The van der Waals surface area contributed by atoms with Gasteiger partial charge in [-0.15, -0.1) is 0 Å². The Morgan fingerprint density at radius 2 is 1.80 bits per heavy atom. The number of aliphatic hydroxyl groups is 1. The minimum Gasteiger partial charge on any atom is -0.469 e. The maximum atomic E-state index is 14.0. The molecule has 230 valence electrons. The lowest BCUT2D eigenvalue weighted by Crippen LogP contribution is -2.41. The van der Waals surface area contributed by atoms with Crippen LogP contribution in [0.2, 0.25) is 0 Å². The predicted molar refractivity (Wildman–Crippen MR) is 163 cm³/mol. The molecule has 4 bridgehead atoms. The summed E-state index contributed by atoms with van der Waals surface area (Å²) in [4.78, 5) is 45.3. The number of aliphatic hydroxyl groups excluding tert-OH is 1. The maximum absolute atomic E-state index is 14.0. The first-order chi connectivity index (χ1) is 21.7. The molecule has 1 amide bonds. The number of oxazole rings is 1. The molecule has 1 unspecified atom stereocenters. The van der Waals surface area contributed by atoms with Crippen molar-refractivity contribution in [2.45, 2.75) is 50.5 Å². The van der Waals surface area contributed by atoms with E-state index >= 15 is 0 Å². The van der Waals surface area contributed by atoms with Gasteiger partial charge in [0.2, 0.25) is 11.8 Å². The Hall–Kier alpha value is -4.96. The van der Waals surface area contributed by atoms with Gasteiger partial charge in [0.1, 0.15) is 23.3 Å². The number of para-hydroxylation sites is 1. The molecule has 0 saturated carbocycles. The quantitative estimate of drug-likeness (QED) is 0.268. The first kappa shape index (κ1) is 28.8. The smallest absolute Gasteiger partial charge is 0.360 e. The predicted octanol–water partition coefficient (Wildman–Crippen LogP) is 4.62. The SMILES string of the molecule is COC(=O)c1nc2oc1C13c4ccccc4N[C@H]1Oc1ccc(cc13)C[C@H](CC(=O)[C@@H](O)c1ccccc1)C(=O)N[C@H]2C(C)C. The molecule has 0 saturated heterocycles. The van der Waals surface area contributed by atoms with E-state index in [0.717, 1.165) is 22.4 Å². The van der Waals surface area contributed by atoms with Crippen molar-refractivity contribution >= 4 is 23.3 Å². The second-order valence-corrected chi connectivity index (χ2v) is 12.2. The Labute approximate surface area is 259 Å². The number of carbonyl (C=O) groups is 3. The van der Waals surface area contributed by atoms with Crippen molar-refractivity contribution in [1.29, 1.82) is 0 Å². The number of carbonyl (C=O) groups excluding carboxylic acids is 3. The summed E-state index contributed by atoms with van der Waals surface area (Å²) in [5, 5.41) is 17.4. The zero-order valence-electron chi connectivity index (χ0n) is 25.1. The summed E-state index contributed by atoms with van der Waals surface area (Å²) in [6.45, 7) is 3.81. The Morgan fingerprint density at radius 1 is 1.04 bits per heavy atom. The Bertz CT molecular complexity index is 1820. The number of methoxy groups -OCH3 is 1. The van der Waals surface area contributed by atoms with Crippen molar-refractivity contribution in [3.63, 3.8) is 0 Å². The number of ketones is 1. The van der Waals surface area contributed by atoms with Crippen molar-refractivity contribution in [2.75, 3.05) is 12.4 Å². The number of ether oxygens (including phenoxy) is 2. The average Bonchev–Trinajstić information content (AvgIpc) is 3.71. The van der Waals surface area contributed by atoms with Gasteiger partial charge >= 0.3 is 5.97 Å². The fraction of sp³-hybridized carbons (Fsp3) is 0.314. The topological polar surface area (TPSA) is 140 Å². The summed E-state index contributed by atoms with van der Waals surface area (Å²) in [6, 6.07) is 21.3. The van der Waals surface area contributed by atoms with Crippen LogP contribution in [0.15, 0.2) is 77.2 Å². The molecule has 0 aliphatic carbocycles. The fourth-order valence-electron chi connectivity index (χ4n) is 6.83. The molecule has 1 aromatic heterocycles. The molecule has 1 spiro atoms. The minimum absolute atomic E-state index is 0.00490. The molecule has 3 N–H and O–H groups in total. The molecule has 4 heterocycles. The number of rotatable bonds is 6. The van der Waals surface area contributed by atoms with Crippen molar-refractivity contribution in [3.8, 4) is 5.75 Å². The number of amides is 1. The summed E-state index contributed by atoms with van der Waals surface area (Å²) in [5.74, 6) is -1.54. The summed E-state index contributed by atoms with van der Waals surface area (Å²) in [5.41, 5.74) is 2.56. The Balaban J connectivity index is 1.41. The van der Waals surface area contributed by atoms with E-state index in [4.69, 9.17) is 13.9 Å². The van der Waals surface area contributed by atoms with E-state index in [1.165, 1.54) is 7.11 Å². The lowest BCUT2D eigenvalue weighted by Gasteiger charge is -2.28. The standard InChI is InChI=1S/C35H33N3O7/c1-18(2)27-32-38-28(33(42)43-3)30(45-32)35-22-11-7-8-12-24(22)36-34(35)44-26-14-13-19(16-23(26)35)15-21(31(41)37-27)17-25(39)29(40)20-9-5-4-6-10-20/h4-14,16,18,21,27,29,34,36,40H,15,17H2,1-3H3,(H,37,41)/t21-,27+,29+,34+,35?/m1/s1. The second kappa shape index (κ2) is 10.9. The highest BCUT2D eigenvalue weighted by Gasteiger charge is 2.61. The number of nitrogens with one attached hydrogen (secondary N) is 2. The molecule has 45 heavy (non-hydrogen) atoms. The van der Waals surface area contributed by atoms with Gasteiger partial charge in [0.05, 0.1) is 7.11 Å². The third-order valence-corrected chi connectivity index (χ3v) is 9.08. The molecule has 10 nitrogen and oxygen atoms in total. The number of nitrogens with zero attached hydrogens (tertiary/aromatic N) is 1. The maximum Gasteiger partial charge on any atom is 0.360 e. The van der Waals surface area contributed by atoms with Crippen molar-refractivity contribution in [1.82, 2.24) is 10.3 Å². The van der Waals surface area contributed by atoms with Crippen LogP contribution < -0.4 is 15.4 Å². The largest absolute Gasteiger partial charge is 0.469 e. The number of Topliss-reactive ketones (excluding diaryl/α,β-unsaturated/α-hetero) is 1. The monoisotopic (exact) mass is 607 g/mol.